The van der Waals surface area contributed by atoms with Crippen LogP contribution in [0.3, 0.4) is 0 Å². The van der Waals surface area contributed by atoms with Gasteiger partial charge in [-0.05, 0) is 170 Å². The van der Waals surface area contributed by atoms with Gasteiger partial charge >= 0.3 is 0 Å². The standard InChI is InChI=1S/4C14H18.C4H8/c4*1-10-6-8-12(3)14(5)13(4)9-7-11(10)2;1-2-4-3-1/h4*1-9H2;1-4H2. The molecule has 5 aliphatic rings. The normalized spacial score (nSPS) is 20.7. The third-order valence-corrected chi connectivity index (χ3v) is 12.2. The van der Waals surface area contributed by atoms with Gasteiger partial charge in [0.1, 0.15) is 0 Å². The summed E-state index contributed by atoms with van der Waals surface area (Å²) in [6.45, 7) is 80.4. The molecule has 0 N–H and O–H groups in total. The van der Waals surface area contributed by atoms with E-state index in [2.05, 4.69) is 132 Å². The molecule has 0 aliphatic heterocycles. The van der Waals surface area contributed by atoms with Crippen LogP contribution in [0.1, 0.15) is 128 Å². The molecule has 5 rings (SSSR count). The van der Waals surface area contributed by atoms with Gasteiger partial charge in [-0.25, -0.2) is 0 Å². The molecule has 5 saturated carbocycles. The Kier molecular flexibility index (Phi) is 23.6. The quantitative estimate of drug-likeness (QED) is 0.229. The third-order valence-electron chi connectivity index (χ3n) is 12.2. The average molecular weight is 801 g/mol. The van der Waals surface area contributed by atoms with Gasteiger partial charge < -0.3 is 0 Å². The molecule has 0 amide bonds. The highest BCUT2D eigenvalue weighted by molar-refractivity contribution is 5.47. The van der Waals surface area contributed by atoms with Gasteiger partial charge in [-0.1, -0.05) is 202 Å². The van der Waals surface area contributed by atoms with Gasteiger partial charge in [0, 0.05) is 0 Å². The lowest BCUT2D eigenvalue weighted by Crippen LogP contribution is -1.89. The SMILES string of the molecule is C1CCC1.C=C1CCC(=C)C(=C)C(=C)CCC1=C.C=C1CCC(=C)C(=C)C(=C)CCC1=C.C=C1CCC(=C)C(=C)C(=C)CCC1=C.C=C1CCC(=C)C(=C)C(=C)CCC1=C. The van der Waals surface area contributed by atoms with Crippen molar-refractivity contribution >= 4 is 0 Å². The van der Waals surface area contributed by atoms with Gasteiger partial charge in [-0.3, -0.25) is 0 Å². The molecule has 0 aromatic carbocycles. The minimum atomic E-state index is 0.926. The van der Waals surface area contributed by atoms with Crippen molar-refractivity contribution in [2.45, 2.75) is 128 Å². The van der Waals surface area contributed by atoms with Crippen LogP contribution in [0.25, 0.3) is 0 Å². The molecule has 0 saturated heterocycles. The molecule has 0 heterocycles. The summed E-state index contributed by atoms with van der Waals surface area (Å²) in [5.74, 6) is 0. The van der Waals surface area contributed by atoms with E-state index in [1.165, 1.54) is 25.7 Å². The summed E-state index contributed by atoms with van der Waals surface area (Å²) < 4.78 is 0. The van der Waals surface area contributed by atoms with Gasteiger partial charge in [0.05, 0.1) is 0 Å². The topological polar surface area (TPSA) is 0 Å². The molecule has 0 unspecified atom stereocenters. The number of hydrogen-bond acceptors (Lipinski definition) is 0. The van der Waals surface area contributed by atoms with Crippen molar-refractivity contribution in [1.29, 1.82) is 0 Å². The Morgan fingerprint density at radius 1 is 0.133 bits per heavy atom. The second kappa shape index (κ2) is 26.8. The molecule has 5 fully saturated rings. The van der Waals surface area contributed by atoms with E-state index < -0.39 is 0 Å². The van der Waals surface area contributed by atoms with Crippen LogP contribution >= 0.6 is 0 Å². The molecule has 0 bridgehead atoms. The highest BCUT2D eigenvalue weighted by Gasteiger charge is 2.14. The maximum atomic E-state index is 4.02. The second-order valence-electron chi connectivity index (χ2n) is 17.0. The summed E-state index contributed by atoms with van der Waals surface area (Å²) in [5.41, 5.74) is 22.0. The van der Waals surface area contributed by atoms with Crippen LogP contribution in [0, 0.1) is 0 Å². The zero-order chi connectivity index (χ0) is 45.7. The summed E-state index contributed by atoms with van der Waals surface area (Å²) >= 11 is 0. The summed E-state index contributed by atoms with van der Waals surface area (Å²) in [4.78, 5) is 0. The largest absolute Gasteiger partial charge is 0.0956 e. The second-order valence-corrected chi connectivity index (χ2v) is 17.0. The minimum absolute atomic E-state index is 0.926. The fourth-order valence-corrected chi connectivity index (χ4v) is 6.29. The van der Waals surface area contributed by atoms with Crippen LogP contribution < -0.4 is 0 Å². The molecule has 0 spiro atoms. The van der Waals surface area contributed by atoms with E-state index >= 15 is 0 Å². The monoisotopic (exact) mass is 801 g/mol. The highest BCUT2D eigenvalue weighted by atomic mass is 14.2. The molecular formula is C60H80. The van der Waals surface area contributed by atoms with Gasteiger partial charge in [-0.15, -0.1) is 0 Å². The predicted molar refractivity (Wildman–Crippen MR) is 275 cm³/mol. The number of rotatable bonds is 0. The van der Waals surface area contributed by atoms with Gasteiger partial charge in [0.25, 0.3) is 0 Å². The minimum Gasteiger partial charge on any atom is -0.0956 e. The maximum Gasteiger partial charge on any atom is -0.0238 e. The molecule has 5 aliphatic carbocycles. The van der Waals surface area contributed by atoms with Crippen LogP contribution in [-0.2, 0) is 0 Å². The van der Waals surface area contributed by atoms with E-state index in [1.54, 1.807) is 0 Å². The molecule has 0 aromatic heterocycles. The summed E-state index contributed by atoms with van der Waals surface area (Å²) in [5, 5.41) is 0. The van der Waals surface area contributed by atoms with Crippen LogP contribution in [0.5, 0.6) is 0 Å². The van der Waals surface area contributed by atoms with E-state index in [9.17, 15) is 0 Å². The summed E-state index contributed by atoms with van der Waals surface area (Å²) in [6, 6.07) is 0. The van der Waals surface area contributed by atoms with Crippen LogP contribution in [0.4, 0.5) is 0 Å². The van der Waals surface area contributed by atoms with Gasteiger partial charge in [0.15, 0.2) is 0 Å². The molecule has 320 valence electrons. The molecule has 0 nitrogen and oxygen atoms in total. The Hall–Kier alpha value is -5.20. The maximum absolute atomic E-state index is 4.02. The van der Waals surface area contributed by atoms with Crippen molar-refractivity contribution < 1.29 is 0 Å². The fraction of sp³-hybridized carbons (Fsp3) is 0.333. The molecule has 60 heavy (non-hydrogen) atoms. The van der Waals surface area contributed by atoms with Crippen molar-refractivity contribution in [3.05, 3.63) is 243 Å². The zero-order valence-electron chi connectivity index (χ0n) is 38.3. The fourth-order valence-electron chi connectivity index (χ4n) is 6.29. The van der Waals surface area contributed by atoms with Crippen molar-refractivity contribution in [3.8, 4) is 0 Å². The van der Waals surface area contributed by atoms with E-state index in [1.807, 2.05) is 0 Å². The first-order valence-corrected chi connectivity index (χ1v) is 21.7. The summed E-state index contributed by atoms with van der Waals surface area (Å²) in [6.07, 6.45) is 21.0. The first-order valence-electron chi connectivity index (χ1n) is 21.7. The highest BCUT2D eigenvalue weighted by Crippen LogP contribution is 2.34. The third kappa shape index (κ3) is 18.8. The smallest absolute Gasteiger partial charge is 0.0238 e. The summed E-state index contributed by atoms with van der Waals surface area (Å²) in [7, 11) is 0. The van der Waals surface area contributed by atoms with Crippen molar-refractivity contribution in [1.82, 2.24) is 0 Å². The predicted octanol–water partition coefficient (Wildman–Crippen LogP) is 18.9. The Bertz CT molecular complexity index is 1510. The van der Waals surface area contributed by atoms with Crippen LogP contribution in [-0.4, -0.2) is 0 Å². The lowest BCUT2D eigenvalue weighted by molar-refractivity contribution is 0.504. The Morgan fingerprint density at radius 3 is 0.300 bits per heavy atom. The lowest BCUT2D eigenvalue weighted by Gasteiger charge is -2.08. The van der Waals surface area contributed by atoms with Gasteiger partial charge in [0.2, 0.25) is 0 Å². The van der Waals surface area contributed by atoms with Crippen LogP contribution in [0.15, 0.2) is 243 Å². The van der Waals surface area contributed by atoms with Crippen molar-refractivity contribution in [2.24, 2.45) is 0 Å². The van der Waals surface area contributed by atoms with Crippen LogP contribution in [0.2, 0.25) is 0 Å². The van der Waals surface area contributed by atoms with Crippen molar-refractivity contribution in [2.75, 3.05) is 0 Å². The van der Waals surface area contributed by atoms with Gasteiger partial charge in [-0.2, -0.15) is 0 Å². The molecule has 0 heteroatoms. The Morgan fingerprint density at radius 2 is 0.217 bits per heavy atom. The van der Waals surface area contributed by atoms with Crippen molar-refractivity contribution in [3.63, 3.8) is 0 Å². The molecule has 0 aromatic rings. The van der Waals surface area contributed by atoms with E-state index in [0.29, 0.717) is 0 Å². The Labute approximate surface area is 369 Å². The first kappa shape index (κ1) is 52.8. The zero-order valence-corrected chi connectivity index (χ0v) is 38.3. The van der Waals surface area contributed by atoms with E-state index in [0.717, 1.165) is 214 Å². The molecule has 0 radical (unpaired) electrons. The Balaban J connectivity index is 0.000000387. The molecule has 0 atom stereocenters. The van der Waals surface area contributed by atoms with E-state index in [4.69, 9.17) is 0 Å². The lowest BCUT2D eigenvalue weighted by atomic mass is 9.97. The number of hydrogen-bond donors (Lipinski definition) is 0. The number of allylic oxidation sites excluding steroid dienone is 20. The van der Waals surface area contributed by atoms with E-state index in [-0.39, 0.29) is 0 Å². The average Bonchev–Trinajstić information content (AvgIpc) is 3.31. The molecular weight excluding hydrogens is 721 g/mol. The first-order chi connectivity index (χ1) is 28.1.